The molecule has 0 saturated carbocycles. The summed E-state index contributed by atoms with van der Waals surface area (Å²) in [5.41, 5.74) is 4.41. The van der Waals surface area contributed by atoms with Crippen LogP contribution in [0.1, 0.15) is 54.6 Å². The first-order valence-electron chi connectivity index (χ1n) is 10.1. The molecule has 1 fully saturated rings. The normalized spacial score (nSPS) is 16.0. The van der Waals surface area contributed by atoms with E-state index in [9.17, 15) is 4.79 Å². The third kappa shape index (κ3) is 4.82. The molecule has 1 aromatic heterocycles. The van der Waals surface area contributed by atoms with Crippen LogP contribution in [0.3, 0.4) is 0 Å². The Kier molecular flexibility index (Phi) is 7.26. The molecule has 0 radical (unpaired) electrons. The van der Waals surface area contributed by atoms with Crippen molar-refractivity contribution in [2.75, 3.05) is 19.6 Å². The van der Waals surface area contributed by atoms with E-state index in [0.29, 0.717) is 0 Å². The van der Waals surface area contributed by atoms with Crippen LogP contribution < -0.4 is 0 Å². The van der Waals surface area contributed by atoms with E-state index < -0.39 is 0 Å². The van der Waals surface area contributed by atoms with E-state index in [1.54, 1.807) is 0 Å². The summed E-state index contributed by atoms with van der Waals surface area (Å²) in [6.45, 7) is 7.41. The Morgan fingerprint density at radius 3 is 2.46 bits per heavy atom. The highest BCUT2D eigenvalue weighted by molar-refractivity contribution is 9.15. The molecule has 1 amide bonds. The molecule has 1 saturated heterocycles. The average molecular weight is 442 g/mol. The molecular weight excluding hydrogens is 414 g/mol. The molecule has 5 heteroatoms. The number of piperidine rings is 1. The summed E-state index contributed by atoms with van der Waals surface area (Å²) in [4.78, 5) is 21.1. The molecular formula is C23H28BrN3O. The fourth-order valence-corrected chi connectivity index (χ4v) is 4.36. The highest BCUT2D eigenvalue weighted by Crippen LogP contribution is 2.34. The average Bonchev–Trinajstić information content (AvgIpc) is 2.75. The lowest BCUT2D eigenvalue weighted by atomic mass is 10.0. The van der Waals surface area contributed by atoms with Gasteiger partial charge in [-0.15, -0.1) is 0 Å². The molecule has 0 bridgehead atoms. The highest BCUT2D eigenvalue weighted by atomic mass is 79.9. The second kappa shape index (κ2) is 9.87. The van der Waals surface area contributed by atoms with Crippen LogP contribution >= 0.6 is 15.9 Å². The standard InChI is InChI=1S/C23H28BrN3O/c1-3-26(4-2)23(28)20-12-10-19(11-13-20)22(24)21-9-5-6-15-27(21)17-18-8-7-14-25-16-18/h7-8,10-14,16H,3-6,9,15,17H2,1-2H3/b22-21-. The van der Waals surface area contributed by atoms with Crippen LogP contribution in [-0.2, 0) is 6.54 Å². The van der Waals surface area contributed by atoms with Gasteiger partial charge in [-0.3, -0.25) is 9.78 Å². The first-order chi connectivity index (χ1) is 13.6. The Labute approximate surface area is 176 Å². The van der Waals surface area contributed by atoms with Crippen LogP contribution in [0.2, 0.25) is 0 Å². The number of pyridine rings is 1. The van der Waals surface area contributed by atoms with E-state index in [1.165, 1.54) is 24.1 Å². The summed E-state index contributed by atoms with van der Waals surface area (Å²) >= 11 is 3.85. The van der Waals surface area contributed by atoms with Crippen molar-refractivity contribution in [3.8, 4) is 0 Å². The number of amides is 1. The van der Waals surface area contributed by atoms with Crippen LogP contribution in [0.5, 0.6) is 0 Å². The monoisotopic (exact) mass is 441 g/mol. The number of halogens is 1. The second-order valence-electron chi connectivity index (χ2n) is 7.06. The number of carbonyl (C=O) groups is 1. The zero-order valence-corrected chi connectivity index (χ0v) is 18.3. The Bertz CT molecular complexity index is 814. The number of benzene rings is 1. The third-order valence-corrected chi connectivity index (χ3v) is 6.17. The van der Waals surface area contributed by atoms with Crippen molar-refractivity contribution in [1.29, 1.82) is 0 Å². The van der Waals surface area contributed by atoms with E-state index >= 15 is 0 Å². The van der Waals surface area contributed by atoms with Crippen LogP contribution in [-0.4, -0.2) is 40.3 Å². The maximum absolute atomic E-state index is 12.5. The molecule has 28 heavy (non-hydrogen) atoms. The molecule has 2 heterocycles. The van der Waals surface area contributed by atoms with Crippen molar-refractivity contribution in [1.82, 2.24) is 14.8 Å². The summed E-state index contributed by atoms with van der Waals surface area (Å²) in [5.74, 6) is 0.0937. The van der Waals surface area contributed by atoms with E-state index in [0.717, 1.165) is 48.2 Å². The van der Waals surface area contributed by atoms with Gasteiger partial charge >= 0.3 is 0 Å². The molecule has 0 spiro atoms. The third-order valence-electron chi connectivity index (χ3n) is 5.26. The summed E-state index contributed by atoms with van der Waals surface area (Å²) in [6, 6.07) is 12.1. The van der Waals surface area contributed by atoms with Crippen LogP contribution in [0.4, 0.5) is 0 Å². The molecule has 1 aromatic carbocycles. The quantitative estimate of drug-likeness (QED) is 0.608. The number of hydrogen-bond acceptors (Lipinski definition) is 3. The van der Waals surface area contributed by atoms with Crippen molar-refractivity contribution in [2.24, 2.45) is 0 Å². The lowest BCUT2D eigenvalue weighted by Gasteiger charge is -2.33. The molecule has 0 aliphatic carbocycles. The van der Waals surface area contributed by atoms with Crippen LogP contribution in [0.15, 0.2) is 54.5 Å². The zero-order chi connectivity index (χ0) is 19.9. The number of carbonyl (C=O) groups excluding carboxylic acids is 1. The Morgan fingerprint density at radius 2 is 1.82 bits per heavy atom. The molecule has 3 rings (SSSR count). The summed E-state index contributed by atoms with van der Waals surface area (Å²) in [7, 11) is 0. The minimum Gasteiger partial charge on any atom is -0.370 e. The van der Waals surface area contributed by atoms with Gasteiger partial charge < -0.3 is 9.80 Å². The molecule has 148 valence electrons. The lowest BCUT2D eigenvalue weighted by Crippen LogP contribution is -2.30. The number of likely N-dealkylation sites (tertiary alicyclic amines) is 1. The SMILES string of the molecule is CCN(CC)C(=O)c1ccc(/C(Br)=C2\CCCCN2Cc2cccnc2)cc1. The molecule has 1 aliphatic rings. The first-order valence-corrected chi connectivity index (χ1v) is 10.9. The molecule has 0 unspecified atom stereocenters. The maximum Gasteiger partial charge on any atom is 0.253 e. The van der Waals surface area contributed by atoms with Crippen molar-refractivity contribution >= 4 is 26.3 Å². The predicted molar refractivity (Wildman–Crippen MR) is 118 cm³/mol. The Hall–Kier alpha value is -2.14. The summed E-state index contributed by atoms with van der Waals surface area (Å²) in [6.07, 6.45) is 7.22. The van der Waals surface area contributed by atoms with Crippen molar-refractivity contribution in [3.05, 3.63) is 71.2 Å². The Balaban J connectivity index is 1.82. The lowest BCUT2D eigenvalue weighted by molar-refractivity contribution is 0.0773. The number of rotatable bonds is 6. The fourth-order valence-electron chi connectivity index (χ4n) is 3.64. The van der Waals surface area contributed by atoms with Crippen molar-refractivity contribution < 1.29 is 4.79 Å². The molecule has 0 atom stereocenters. The van der Waals surface area contributed by atoms with Gasteiger partial charge in [-0.2, -0.15) is 0 Å². The highest BCUT2D eigenvalue weighted by Gasteiger charge is 2.20. The number of aromatic nitrogens is 1. The van der Waals surface area contributed by atoms with E-state index in [4.69, 9.17) is 0 Å². The molecule has 2 aromatic rings. The van der Waals surface area contributed by atoms with Gasteiger partial charge in [-0.1, -0.05) is 18.2 Å². The Morgan fingerprint density at radius 1 is 1.11 bits per heavy atom. The number of nitrogens with zero attached hydrogens (tertiary/aromatic N) is 3. The van der Waals surface area contributed by atoms with Gasteiger partial charge in [0.05, 0.1) is 0 Å². The van der Waals surface area contributed by atoms with Gasteiger partial charge in [-0.05, 0) is 78.4 Å². The number of allylic oxidation sites excluding steroid dienone is 1. The zero-order valence-electron chi connectivity index (χ0n) is 16.7. The smallest absolute Gasteiger partial charge is 0.253 e. The van der Waals surface area contributed by atoms with Crippen LogP contribution in [0.25, 0.3) is 4.48 Å². The van der Waals surface area contributed by atoms with Crippen molar-refractivity contribution in [3.63, 3.8) is 0 Å². The van der Waals surface area contributed by atoms with Gasteiger partial charge in [0.2, 0.25) is 0 Å². The largest absolute Gasteiger partial charge is 0.370 e. The van der Waals surface area contributed by atoms with Crippen LogP contribution in [0, 0.1) is 0 Å². The van der Waals surface area contributed by atoms with E-state index in [-0.39, 0.29) is 5.91 Å². The van der Waals surface area contributed by atoms with E-state index in [1.807, 2.05) is 61.5 Å². The van der Waals surface area contributed by atoms with Gasteiger partial charge in [0.15, 0.2) is 0 Å². The number of hydrogen-bond donors (Lipinski definition) is 0. The van der Waals surface area contributed by atoms with Gasteiger partial charge in [0, 0.05) is 54.3 Å². The second-order valence-corrected chi connectivity index (χ2v) is 7.85. The van der Waals surface area contributed by atoms with Gasteiger partial charge in [0.1, 0.15) is 0 Å². The fraction of sp³-hybridized carbons (Fsp3) is 0.391. The minimum atomic E-state index is 0.0937. The van der Waals surface area contributed by atoms with E-state index in [2.05, 4.69) is 31.9 Å². The van der Waals surface area contributed by atoms with Crippen molar-refractivity contribution in [2.45, 2.75) is 39.7 Å². The topological polar surface area (TPSA) is 36.4 Å². The first kappa shape index (κ1) is 20.6. The maximum atomic E-state index is 12.5. The minimum absolute atomic E-state index is 0.0937. The summed E-state index contributed by atoms with van der Waals surface area (Å²) < 4.78 is 1.12. The van der Waals surface area contributed by atoms with Gasteiger partial charge in [-0.25, -0.2) is 0 Å². The molecule has 0 N–H and O–H groups in total. The predicted octanol–water partition coefficient (Wildman–Crippen LogP) is 5.31. The molecule has 1 aliphatic heterocycles. The van der Waals surface area contributed by atoms with Gasteiger partial charge in [0.25, 0.3) is 5.91 Å². The molecule has 4 nitrogen and oxygen atoms in total. The summed E-state index contributed by atoms with van der Waals surface area (Å²) in [5, 5.41) is 0.